The van der Waals surface area contributed by atoms with Gasteiger partial charge in [-0.1, -0.05) is 13.8 Å². The second kappa shape index (κ2) is 7.90. The molecule has 1 aromatic rings. The van der Waals surface area contributed by atoms with Gasteiger partial charge in [-0.15, -0.1) is 0 Å². The Morgan fingerprint density at radius 3 is 2.75 bits per heavy atom. The monoisotopic (exact) mass is 332 g/mol. The Balaban J connectivity index is 1.53. The van der Waals surface area contributed by atoms with Crippen molar-refractivity contribution in [1.82, 2.24) is 25.7 Å². The van der Waals surface area contributed by atoms with Crippen LogP contribution in [-0.4, -0.2) is 59.0 Å². The SMILES string of the molecule is CC(C)CC1CC(C(=O)N2CCCN(c3ncccn3)CC2)NN1. The zero-order valence-electron chi connectivity index (χ0n) is 14.6. The lowest BCUT2D eigenvalue weighted by atomic mass is 9.99. The van der Waals surface area contributed by atoms with E-state index >= 15 is 0 Å². The van der Waals surface area contributed by atoms with E-state index in [4.69, 9.17) is 0 Å². The first-order valence-electron chi connectivity index (χ1n) is 8.95. The highest BCUT2D eigenvalue weighted by Gasteiger charge is 2.33. The fourth-order valence-corrected chi connectivity index (χ4v) is 3.52. The molecule has 0 aromatic carbocycles. The molecule has 0 radical (unpaired) electrons. The highest BCUT2D eigenvalue weighted by molar-refractivity contribution is 5.82. The van der Waals surface area contributed by atoms with E-state index in [1.807, 2.05) is 11.0 Å². The molecule has 24 heavy (non-hydrogen) atoms. The van der Waals surface area contributed by atoms with E-state index < -0.39 is 0 Å². The van der Waals surface area contributed by atoms with Gasteiger partial charge in [-0.05, 0) is 31.2 Å². The van der Waals surface area contributed by atoms with Crippen LogP contribution in [0, 0.1) is 5.92 Å². The number of anilines is 1. The first kappa shape index (κ1) is 17.1. The Bertz CT molecular complexity index is 537. The third-order valence-corrected chi connectivity index (χ3v) is 4.68. The van der Waals surface area contributed by atoms with E-state index in [2.05, 4.69) is 39.6 Å². The molecule has 2 aliphatic heterocycles. The second-order valence-corrected chi connectivity index (χ2v) is 7.12. The number of aromatic nitrogens is 2. The summed E-state index contributed by atoms with van der Waals surface area (Å²) in [5, 5.41) is 0. The first-order chi connectivity index (χ1) is 11.6. The van der Waals surface area contributed by atoms with Gasteiger partial charge in [0.15, 0.2) is 0 Å². The average molecular weight is 332 g/mol. The maximum absolute atomic E-state index is 12.8. The topological polar surface area (TPSA) is 73.4 Å². The van der Waals surface area contributed by atoms with Crippen LogP contribution in [0.1, 0.15) is 33.1 Å². The van der Waals surface area contributed by atoms with Crippen LogP contribution in [0.5, 0.6) is 0 Å². The molecule has 2 N–H and O–H groups in total. The maximum Gasteiger partial charge on any atom is 0.241 e. The van der Waals surface area contributed by atoms with Crippen molar-refractivity contribution in [2.45, 2.75) is 45.2 Å². The van der Waals surface area contributed by atoms with Gasteiger partial charge >= 0.3 is 0 Å². The highest BCUT2D eigenvalue weighted by Crippen LogP contribution is 2.17. The van der Waals surface area contributed by atoms with Gasteiger partial charge in [0.25, 0.3) is 0 Å². The number of hydrogen-bond acceptors (Lipinski definition) is 6. The number of nitrogens with one attached hydrogen (secondary N) is 2. The number of carbonyl (C=O) groups is 1. The van der Waals surface area contributed by atoms with Crippen molar-refractivity contribution in [1.29, 1.82) is 0 Å². The predicted octanol–water partition coefficient (Wildman–Crippen LogP) is 0.797. The second-order valence-electron chi connectivity index (χ2n) is 7.12. The Morgan fingerprint density at radius 1 is 1.21 bits per heavy atom. The normalized spacial score (nSPS) is 25.1. The molecule has 3 heterocycles. The van der Waals surface area contributed by atoms with Crippen LogP contribution >= 0.6 is 0 Å². The molecule has 1 aromatic heterocycles. The molecule has 3 rings (SSSR count). The number of amides is 1. The molecule has 0 aliphatic carbocycles. The molecule has 132 valence electrons. The molecule has 2 fully saturated rings. The quantitative estimate of drug-likeness (QED) is 0.849. The third-order valence-electron chi connectivity index (χ3n) is 4.68. The zero-order chi connectivity index (χ0) is 16.9. The van der Waals surface area contributed by atoms with E-state index in [9.17, 15) is 4.79 Å². The van der Waals surface area contributed by atoms with Crippen molar-refractivity contribution < 1.29 is 4.79 Å². The molecule has 2 aliphatic rings. The van der Waals surface area contributed by atoms with Gasteiger partial charge in [-0.25, -0.2) is 15.4 Å². The van der Waals surface area contributed by atoms with Crippen molar-refractivity contribution >= 4 is 11.9 Å². The summed E-state index contributed by atoms with van der Waals surface area (Å²) in [7, 11) is 0. The lowest BCUT2D eigenvalue weighted by molar-refractivity contribution is -0.133. The standard InChI is InChI=1S/C17H28N6O/c1-13(2)11-14-12-15(21-20-14)16(24)22-7-4-8-23(10-9-22)17-18-5-3-6-19-17/h3,5-6,13-15,20-21H,4,7-12H2,1-2H3. The van der Waals surface area contributed by atoms with Crippen LogP contribution in [0.15, 0.2) is 18.5 Å². The van der Waals surface area contributed by atoms with Crippen molar-refractivity contribution in [2.75, 3.05) is 31.1 Å². The number of rotatable bonds is 4. The number of carbonyl (C=O) groups excluding carboxylic acids is 1. The van der Waals surface area contributed by atoms with Crippen molar-refractivity contribution in [3.63, 3.8) is 0 Å². The Kier molecular flexibility index (Phi) is 5.63. The van der Waals surface area contributed by atoms with Crippen LogP contribution in [0.4, 0.5) is 5.95 Å². The van der Waals surface area contributed by atoms with Crippen LogP contribution < -0.4 is 15.8 Å². The van der Waals surface area contributed by atoms with Gasteiger partial charge in [0.1, 0.15) is 6.04 Å². The predicted molar refractivity (Wildman–Crippen MR) is 93.4 cm³/mol. The summed E-state index contributed by atoms with van der Waals surface area (Å²) in [5.41, 5.74) is 6.47. The molecule has 7 nitrogen and oxygen atoms in total. The van der Waals surface area contributed by atoms with Gasteiger partial charge in [-0.3, -0.25) is 10.2 Å². The van der Waals surface area contributed by atoms with E-state index in [0.29, 0.717) is 12.0 Å². The molecule has 2 saturated heterocycles. The van der Waals surface area contributed by atoms with E-state index in [-0.39, 0.29) is 11.9 Å². The maximum atomic E-state index is 12.8. The van der Waals surface area contributed by atoms with Crippen LogP contribution in [0.3, 0.4) is 0 Å². The largest absolute Gasteiger partial charge is 0.339 e. The number of hydrazine groups is 1. The lowest BCUT2D eigenvalue weighted by Gasteiger charge is -2.24. The molecule has 7 heteroatoms. The Morgan fingerprint density at radius 2 is 2.00 bits per heavy atom. The molecule has 2 atom stereocenters. The summed E-state index contributed by atoms with van der Waals surface area (Å²) in [6.45, 7) is 7.63. The van der Waals surface area contributed by atoms with Crippen molar-refractivity contribution in [2.24, 2.45) is 5.92 Å². The van der Waals surface area contributed by atoms with Gasteiger partial charge < -0.3 is 9.80 Å². The smallest absolute Gasteiger partial charge is 0.241 e. The molecule has 0 spiro atoms. The minimum Gasteiger partial charge on any atom is -0.339 e. The Labute approximate surface area is 143 Å². The fourth-order valence-electron chi connectivity index (χ4n) is 3.52. The van der Waals surface area contributed by atoms with Crippen LogP contribution in [0.2, 0.25) is 0 Å². The van der Waals surface area contributed by atoms with Gasteiger partial charge in [0, 0.05) is 44.6 Å². The summed E-state index contributed by atoms with van der Waals surface area (Å²) in [4.78, 5) is 25.6. The van der Waals surface area contributed by atoms with Gasteiger partial charge in [-0.2, -0.15) is 0 Å². The van der Waals surface area contributed by atoms with E-state index in [1.54, 1.807) is 12.4 Å². The lowest BCUT2D eigenvalue weighted by Crippen LogP contribution is -2.47. The summed E-state index contributed by atoms with van der Waals surface area (Å²) >= 11 is 0. The third kappa shape index (κ3) is 4.21. The zero-order valence-corrected chi connectivity index (χ0v) is 14.6. The van der Waals surface area contributed by atoms with Gasteiger partial charge in [0.05, 0.1) is 0 Å². The van der Waals surface area contributed by atoms with Crippen LogP contribution in [0.25, 0.3) is 0 Å². The average Bonchev–Trinajstić information content (AvgIpc) is 2.90. The fraction of sp³-hybridized carbons (Fsp3) is 0.706. The summed E-state index contributed by atoms with van der Waals surface area (Å²) < 4.78 is 0. The van der Waals surface area contributed by atoms with E-state index in [1.165, 1.54) is 0 Å². The number of nitrogens with zero attached hydrogens (tertiary/aromatic N) is 4. The number of hydrogen-bond donors (Lipinski definition) is 2. The van der Waals surface area contributed by atoms with E-state index in [0.717, 1.165) is 51.4 Å². The van der Waals surface area contributed by atoms with Gasteiger partial charge in [0.2, 0.25) is 11.9 Å². The van der Waals surface area contributed by atoms with Crippen molar-refractivity contribution in [3.8, 4) is 0 Å². The Hall–Kier alpha value is -1.73. The highest BCUT2D eigenvalue weighted by atomic mass is 16.2. The molecule has 1 amide bonds. The molecule has 2 unspecified atom stereocenters. The van der Waals surface area contributed by atoms with Crippen LogP contribution in [-0.2, 0) is 4.79 Å². The summed E-state index contributed by atoms with van der Waals surface area (Å²) in [6.07, 6.45) is 6.44. The minimum atomic E-state index is -0.103. The summed E-state index contributed by atoms with van der Waals surface area (Å²) in [6, 6.07) is 2.11. The molecular formula is C17H28N6O. The van der Waals surface area contributed by atoms with Crippen molar-refractivity contribution in [3.05, 3.63) is 18.5 Å². The first-order valence-corrected chi connectivity index (χ1v) is 8.95. The summed E-state index contributed by atoms with van der Waals surface area (Å²) in [5.74, 6) is 1.60. The molecule has 0 saturated carbocycles. The minimum absolute atomic E-state index is 0.103. The molecule has 0 bridgehead atoms. The molecular weight excluding hydrogens is 304 g/mol.